The Morgan fingerprint density at radius 2 is 2.00 bits per heavy atom. The zero-order valence-corrected chi connectivity index (χ0v) is 19.3. The Morgan fingerprint density at radius 1 is 1.19 bits per heavy atom. The third-order valence-corrected chi connectivity index (χ3v) is 6.52. The Hall–Kier alpha value is -2.55. The summed E-state index contributed by atoms with van der Waals surface area (Å²) in [5.74, 6) is 1.97. The van der Waals surface area contributed by atoms with Crippen LogP contribution in [-0.4, -0.2) is 56.9 Å². The van der Waals surface area contributed by atoms with E-state index in [0.717, 1.165) is 23.2 Å². The molecule has 0 atom stereocenters. The van der Waals surface area contributed by atoms with Crippen molar-refractivity contribution in [1.82, 2.24) is 9.88 Å². The molecule has 0 unspecified atom stereocenters. The number of carbonyl (C=O) groups is 1. The Balaban J connectivity index is 1.63. The van der Waals surface area contributed by atoms with Crippen LogP contribution >= 0.6 is 22.9 Å². The van der Waals surface area contributed by atoms with Crippen molar-refractivity contribution in [1.29, 1.82) is 0 Å². The summed E-state index contributed by atoms with van der Waals surface area (Å²) < 4.78 is 17.1. The third kappa shape index (κ3) is 4.71. The van der Waals surface area contributed by atoms with Gasteiger partial charge in [0.15, 0.2) is 16.6 Å². The molecule has 1 aliphatic rings. The van der Waals surface area contributed by atoms with Crippen LogP contribution in [0.4, 0.5) is 5.13 Å². The molecular weight excluding hydrogens is 438 g/mol. The number of halogens is 1. The monoisotopic (exact) mass is 461 g/mol. The first-order chi connectivity index (χ1) is 15.0. The van der Waals surface area contributed by atoms with Crippen LogP contribution in [-0.2, 0) is 11.2 Å². The van der Waals surface area contributed by atoms with E-state index in [9.17, 15) is 4.79 Å². The van der Waals surface area contributed by atoms with Gasteiger partial charge in [-0.2, -0.15) is 0 Å². The molecule has 9 heteroatoms. The highest BCUT2D eigenvalue weighted by Gasteiger charge is 2.23. The molecule has 0 saturated carbocycles. The van der Waals surface area contributed by atoms with E-state index in [1.165, 1.54) is 11.3 Å². The standard InChI is InChI=1S/C22H24ClN3O4S/c1-25(2)9-4-10-26(19(27)12-14-5-7-16-18(11-14)30-13-29-16)22-24-20-17(28-3)8-6-15(23)21(20)31-22/h5-8,11H,4,9-10,12-13H2,1-3H3. The molecule has 1 amide bonds. The molecule has 164 valence electrons. The molecule has 0 spiro atoms. The van der Waals surface area contributed by atoms with E-state index in [0.29, 0.717) is 39.5 Å². The first-order valence-corrected chi connectivity index (χ1v) is 11.1. The van der Waals surface area contributed by atoms with Gasteiger partial charge in [0.05, 0.1) is 23.3 Å². The molecule has 2 aromatic carbocycles. The average molecular weight is 462 g/mol. The lowest BCUT2D eigenvalue weighted by Gasteiger charge is -2.21. The van der Waals surface area contributed by atoms with Gasteiger partial charge in [-0.25, -0.2) is 4.98 Å². The predicted octanol–water partition coefficient (Wildman–Crippen LogP) is 4.21. The quantitative estimate of drug-likeness (QED) is 0.500. The van der Waals surface area contributed by atoms with Gasteiger partial charge in [-0.05, 0) is 56.9 Å². The van der Waals surface area contributed by atoms with E-state index in [1.807, 2.05) is 32.3 Å². The van der Waals surface area contributed by atoms with E-state index in [4.69, 9.17) is 30.8 Å². The summed E-state index contributed by atoms with van der Waals surface area (Å²) in [4.78, 5) is 21.9. The Labute approximate surface area is 190 Å². The number of benzene rings is 2. The zero-order valence-electron chi connectivity index (χ0n) is 17.7. The van der Waals surface area contributed by atoms with Crippen molar-refractivity contribution in [3.8, 4) is 17.2 Å². The van der Waals surface area contributed by atoms with Crippen molar-refractivity contribution in [2.75, 3.05) is 46.0 Å². The van der Waals surface area contributed by atoms with Gasteiger partial charge >= 0.3 is 0 Å². The average Bonchev–Trinajstić information content (AvgIpc) is 3.38. The van der Waals surface area contributed by atoms with Crippen molar-refractivity contribution in [2.45, 2.75) is 12.8 Å². The Bertz CT molecular complexity index is 1100. The second-order valence-electron chi connectivity index (χ2n) is 7.49. The Morgan fingerprint density at radius 3 is 2.77 bits per heavy atom. The Kier molecular flexibility index (Phi) is 6.50. The second kappa shape index (κ2) is 9.30. The molecule has 1 aromatic heterocycles. The number of thiazole rings is 1. The van der Waals surface area contributed by atoms with Gasteiger partial charge in [-0.1, -0.05) is 29.0 Å². The minimum absolute atomic E-state index is 0.0354. The molecule has 0 radical (unpaired) electrons. The molecule has 7 nitrogen and oxygen atoms in total. The molecule has 0 aliphatic carbocycles. The molecule has 31 heavy (non-hydrogen) atoms. The first kappa shape index (κ1) is 21.7. The van der Waals surface area contributed by atoms with Crippen molar-refractivity contribution < 1.29 is 19.0 Å². The van der Waals surface area contributed by atoms with Crippen molar-refractivity contribution in [3.63, 3.8) is 0 Å². The van der Waals surface area contributed by atoms with Crippen LogP contribution in [0.25, 0.3) is 10.2 Å². The minimum atomic E-state index is -0.0354. The number of ether oxygens (including phenoxy) is 3. The summed E-state index contributed by atoms with van der Waals surface area (Å²) in [5.41, 5.74) is 1.53. The molecule has 1 aliphatic heterocycles. The molecule has 4 rings (SSSR count). The van der Waals surface area contributed by atoms with Crippen LogP contribution in [0.5, 0.6) is 17.2 Å². The van der Waals surface area contributed by atoms with E-state index in [2.05, 4.69) is 4.90 Å². The smallest absolute Gasteiger partial charge is 0.233 e. The highest BCUT2D eigenvalue weighted by molar-refractivity contribution is 7.23. The van der Waals surface area contributed by atoms with E-state index < -0.39 is 0 Å². The zero-order chi connectivity index (χ0) is 22.0. The molecule has 0 fully saturated rings. The van der Waals surface area contributed by atoms with E-state index in [1.54, 1.807) is 24.1 Å². The second-order valence-corrected chi connectivity index (χ2v) is 8.88. The molecule has 0 N–H and O–H groups in total. The summed E-state index contributed by atoms with van der Waals surface area (Å²) in [6.07, 6.45) is 1.06. The number of amides is 1. The molecular formula is C22H24ClN3O4S. The summed E-state index contributed by atoms with van der Waals surface area (Å²) in [5, 5.41) is 1.21. The van der Waals surface area contributed by atoms with Crippen LogP contribution in [0.2, 0.25) is 5.02 Å². The van der Waals surface area contributed by atoms with Gasteiger partial charge in [0.1, 0.15) is 11.3 Å². The van der Waals surface area contributed by atoms with Gasteiger partial charge in [0.2, 0.25) is 12.7 Å². The maximum Gasteiger partial charge on any atom is 0.233 e. The van der Waals surface area contributed by atoms with Gasteiger partial charge in [0, 0.05) is 6.54 Å². The number of aromatic nitrogens is 1. The van der Waals surface area contributed by atoms with Gasteiger partial charge in [-0.15, -0.1) is 0 Å². The number of rotatable bonds is 8. The normalized spacial score (nSPS) is 12.5. The molecule has 2 heterocycles. The number of anilines is 1. The summed E-state index contributed by atoms with van der Waals surface area (Å²) in [6.45, 7) is 1.63. The summed E-state index contributed by atoms with van der Waals surface area (Å²) in [7, 11) is 5.63. The minimum Gasteiger partial charge on any atom is -0.494 e. The SMILES string of the molecule is COc1ccc(Cl)c2sc(N(CCCN(C)C)C(=O)Cc3ccc4c(c3)OCO4)nc12. The lowest BCUT2D eigenvalue weighted by Crippen LogP contribution is -2.34. The number of methoxy groups -OCH3 is 1. The third-order valence-electron chi connectivity index (χ3n) is 4.98. The van der Waals surface area contributed by atoms with E-state index >= 15 is 0 Å². The maximum atomic E-state index is 13.3. The number of hydrogen-bond acceptors (Lipinski definition) is 7. The highest BCUT2D eigenvalue weighted by atomic mass is 35.5. The number of carbonyl (C=O) groups excluding carboxylic acids is 1. The van der Waals surface area contributed by atoms with Crippen molar-refractivity contribution in [2.24, 2.45) is 0 Å². The fourth-order valence-electron chi connectivity index (χ4n) is 3.41. The largest absolute Gasteiger partial charge is 0.494 e. The molecule has 0 bridgehead atoms. The van der Waals surface area contributed by atoms with Crippen molar-refractivity contribution in [3.05, 3.63) is 40.9 Å². The molecule has 3 aromatic rings. The van der Waals surface area contributed by atoms with E-state index in [-0.39, 0.29) is 19.1 Å². The lowest BCUT2D eigenvalue weighted by molar-refractivity contribution is -0.118. The van der Waals surface area contributed by atoms with Crippen LogP contribution in [0.1, 0.15) is 12.0 Å². The predicted molar refractivity (Wildman–Crippen MR) is 123 cm³/mol. The number of hydrogen-bond donors (Lipinski definition) is 0. The van der Waals surface area contributed by atoms with Gasteiger partial charge in [0.25, 0.3) is 0 Å². The van der Waals surface area contributed by atoms with Crippen LogP contribution in [0.15, 0.2) is 30.3 Å². The topological polar surface area (TPSA) is 64.1 Å². The summed E-state index contributed by atoms with van der Waals surface area (Å²) >= 11 is 7.80. The van der Waals surface area contributed by atoms with Crippen LogP contribution < -0.4 is 19.1 Å². The first-order valence-electron chi connectivity index (χ1n) is 9.93. The van der Waals surface area contributed by atoms with Crippen LogP contribution in [0.3, 0.4) is 0 Å². The molecule has 0 saturated heterocycles. The lowest BCUT2D eigenvalue weighted by atomic mass is 10.1. The van der Waals surface area contributed by atoms with Crippen molar-refractivity contribution >= 4 is 44.2 Å². The van der Waals surface area contributed by atoms with Crippen LogP contribution in [0, 0.1) is 0 Å². The summed E-state index contributed by atoms with van der Waals surface area (Å²) in [6, 6.07) is 9.16. The maximum absolute atomic E-state index is 13.3. The highest BCUT2D eigenvalue weighted by Crippen LogP contribution is 2.39. The number of nitrogens with zero attached hydrogens (tertiary/aromatic N) is 3. The van der Waals surface area contributed by atoms with Gasteiger partial charge < -0.3 is 19.1 Å². The van der Waals surface area contributed by atoms with Gasteiger partial charge in [-0.3, -0.25) is 9.69 Å². The fraction of sp³-hybridized carbons (Fsp3) is 0.364. The number of fused-ring (bicyclic) bond motifs is 2. The fourth-order valence-corrected chi connectivity index (χ4v) is 4.71.